The second-order valence-electron chi connectivity index (χ2n) is 7.28. The number of rotatable bonds is 4. The van der Waals surface area contributed by atoms with Gasteiger partial charge in [0.1, 0.15) is 0 Å². The fourth-order valence-corrected chi connectivity index (χ4v) is 6.72. The SMILES string of the molecule is [Au].[Br][Au].[CH2-]Cl.[CH2-][P+]([CH2-])(c1ccccc1)c1ccccc1.[CH2-][P+]([CH2-])(c1ccccc1)c1ccccc1. The van der Waals surface area contributed by atoms with Crippen molar-refractivity contribution < 1.29 is 41.3 Å². The first-order valence-electron chi connectivity index (χ1n) is 10.2. The molecule has 195 valence electrons. The summed E-state index contributed by atoms with van der Waals surface area (Å²) in [5, 5.41) is 4.99. The predicted octanol–water partition coefficient (Wildman–Crippen LogP) is 8.33. The van der Waals surface area contributed by atoms with Crippen LogP contribution in [0.3, 0.4) is 0 Å². The van der Waals surface area contributed by atoms with Gasteiger partial charge in [0.05, 0.1) is 0 Å². The van der Waals surface area contributed by atoms with Crippen molar-refractivity contribution in [1.29, 1.82) is 0 Å². The van der Waals surface area contributed by atoms with Gasteiger partial charge in [0.25, 0.3) is 0 Å². The zero-order valence-electron chi connectivity index (χ0n) is 19.3. The van der Waals surface area contributed by atoms with E-state index in [0.717, 1.165) is 0 Å². The molecule has 0 nitrogen and oxygen atoms in total. The number of benzene rings is 4. The standard InChI is InChI=1S/2C14H14P.CH2Cl.2Au.BrH/c2*1-15(2,13-9-5-3-6-10-13)14-11-7-4-8-12-14;1-2;;;/h2*3-12H,1-2H2;1H2;;;1H/q3*-1;;+1;/p-1. The van der Waals surface area contributed by atoms with Crippen LogP contribution in [0.15, 0.2) is 121 Å². The van der Waals surface area contributed by atoms with Gasteiger partial charge in [0, 0.05) is 43.6 Å². The van der Waals surface area contributed by atoms with E-state index in [-0.39, 0.29) is 22.4 Å². The Labute approximate surface area is 253 Å². The van der Waals surface area contributed by atoms with Crippen molar-refractivity contribution in [3.05, 3.63) is 154 Å². The summed E-state index contributed by atoms with van der Waals surface area (Å²) in [6.07, 6.45) is 2.72. The third kappa shape index (κ3) is 11.1. The molecule has 4 aromatic carbocycles. The van der Waals surface area contributed by atoms with E-state index in [4.69, 9.17) is 0 Å². The fourth-order valence-electron chi connectivity index (χ4n) is 3.15. The van der Waals surface area contributed by atoms with Crippen molar-refractivity contribution in [2.45, 2.75) is 0 Å². The molecule has 0 aliphatic rings. The van der Waals surface area contributed by atoms with Gasteiger partial charge in [-0.2, -0.15) is 41.2 Å². The zero-order valence-corrected chi connectivity index (χ0v) is 27.8. The summed E-state index contributed by atoms with van der Waals surface area (Å²) in [6, 6.07) is 41.3. The molecule has 0 aromatic heterocycles. The van der Waals surface area contributed by atoms with Crippen molar-refractivity contribution in [3.8, 4) is 0 Å². The van der Waals surface area contributed by atoms with E-state index in [1.54, 1.807) is 0 Å². The molecule has 0 atom stereocenters. The Kier molecular flexibility index (Phi) is 19.1. The normalized spacial score (nSPS) is 10.1. The second-order valence-corrected chi connectivity index (χ2v) is 13.2. The minimum atomic E-state index is -1.65. The van der Waals surface area contributed by atoms with Crippen LogP contribution in [0.25, 0.3) is 0 Å². The molecule has 0 saturated heterocycles. The maximum atomic E-state index is 4.39. The maximum Gasteiger partial charge on any atom is 0.0408 e. The molecule has 6 heteroatoms. The van der Waals surface area contributed by atoms with Crippen molar-refractivity contribution in [3.63, 3.8) is 0 Å². The third-order valence-corrected chi connectivity index (χ3v) is 10.1. The number of hydrogen-bond donors (Lipinski definition) is 0. The first-order valence-corrected chi connectivity index (χ1v) is 19.8. The van der Waals surface area contributed by atoms with E-state index in [1.165, 1.54) is 21.2 Å². The fraction of sp³-hybridized carbons (Fsp3) is 0. The smallest absolute Gasteiger partial charge is 0.0408 e. The Morgan fingerprint density at radius 2 is 0.571 bits per heavy atom. The molecule has 0 unspecified atom stereocenters. The Morgan fingerprint density at radius 3 is 0.714 bits per heavy atom. The summed E-state index contributed by atoms with van der Waals surface area (Å²) in [7, 11) is -3.29. The van der Waals surface area contributed by atoms with Gasteiger partial charge in [-0.05, 0) is 48.5 Å². The van der Waals surface area contributed by atoms with E-state index in [2.05, 4.69) is 125 Å². The number of hydrogen-bond acceptors (Lipinski definition) is 0. The van der Waals surface area contributed by atoms with Crippen LogP contribution in [-0.2, 0) is 41.3 Å². The van der Waals surface area contributed by atoms with Crippen molar-refractivity contribution in [1.82, 2.24) is 0 Å². The van der Waals surface area contributed by atoms with E-state index >= 15 is 0 Å². The largest absolute Gasteiger partial charge is 0.352 e. The van der Waals surface area contributed by atoms with Crippen LogP contribution in [0.5, 0.6) is 0 Å². The number of halogens is 2. The van der Waals surface area contributed by atoms with Gasteiger partial charge < -0.3 is 11.6 Å². The van der Waals surface area contributed by atoms with Gasteiger partial charge in [-0.15, -0.1) is 0 Å². The van der Waals surface area contributed by atoms with Crippen LogP contribution in [0, 0.1) is 33.0 Å². The first kappa shape index (κ1) is 35.0. The summed E-state index contributed by atoms with van der Waals surface area (Å²) in [5.41, 5.74) is 0. The van der Waals surface area contributed by atoms with Crippen molar-refractivity contribution >= 4 is 60.4 Å². The van der Waals surface area contributed by atoms with Crippen LogP contribution >= 0.6 is 39.2 Å². The Hall–Kier alpha value is -0.00948. The van der Waals surface area contributed by atoms with E-state index in [9.17, 15) is 0 Å². The van der Waals surface area contributed by atoms with Gasteiger partial charge >= 0.3 is 32.0 Å². The van der Waals surface area contributed by atoms with Gasteiger partial charge in [0.2, 0.25) is 0 Å². The van der Waals surface area contributed by atoms with Gasteiger partial charge in [-0.25, -0.2) is 0 Å². The molecule has 0 bridgehead atoms. The molecular weight excluding hydrogens is 920 g/mol. The van der Waals surface area contributed by atoms with Crippen LogP contribution < -0.4 is 21.2 Å². The molecule has 0 N–H and O–H groups in total. The minimum Gasteiger partial charge on any atom is -0.352 e. The molecule has 1 radical (unpaired) electrons. The second kappa shape index (κ2) is 19.1. The average Bonchev–Trinajstić information content (AvgIpc) is 2.93. The molecule has 4 aromatic rings. The molecular formula is C29H30Au2BrClP2-3. The van der Waals surface area contributed by atoms with Crippen molar-refractivity contribution in [2.24, 2.45) is 0 Å². The molecule has 0 aliphatic heterocycles. The molecule has 0 fully saturated rings. The summed E-state index contributed by atoms with van der Waals surface area (Å²) in [4.78, 5) is 0. The summed E-state index contributed by atoms with van der Waals surface area (Å²) in [5.74, 6) is 0. The molecule has 0 spiro atoms. The molecule has 35 heavy (non-hydrogen) atoms. The van der Waals surface area contributed by atoms with Crippen LogP contribution in [0.1, 0.15) is 0 Å². The van der Waals surface area contributed by atoms with Crippen LogP contribution in [0.2, 0.25) is 0 Å². The maximum absolute atomic E-state index is 4.39. The average molecular weight is 950 g/mol. The minimum absolute atomic E-state index is 0. The van der Waals surface area contributed by atoms with Gasteiger partial charge in [-0.3, -0.25) is 6.38 Å². The monoisotopic (exact) mass is 948 g/mol. The van der Waals surface area contributed by atoms with E-state index < -0.39 is 14.5 Å². The quantitative estimate of drug-likeness (QED) is 0.110. The van der Waals surface area contributed by atoms with E-state index in [1.807, 2.05) is 72.8 Å². The zero-order chi connectivity index (χ0) is 25.5. The third-order valence-electron chi connectivity index (χ3n) is 5.00. The van der Waals surface area contributed by atoms with Crippen LogP contribution in [-0.4, -0.2) is 0 Å². The molecule has 0 saturated carbocycles. The van der Waals surface area contributed by atoms with Gasteiger partial charge in [-0.1, -0.05) is 72.8 Å². The molecule has 0 aliphatic carbocycles. The Bertz CT molecular complexity index is 863. The summed E-state index contributed by atoms with van der Waals surface area (Å²) >= 11 is 9.36. The topological polar surface area (TPSA) is 0 Å². The molecule has 0 amide bonds. The first-order chi connectivity index (χ1) is 16.4. The Balaban J connectivity index is 0.000000565. The van der Waals surface area contributed by atoms with E-state index in [0.29, 0.717) is 0 Å². The van der Waals surface area contributed by atoms with Gasteiger partial charge in [0.15, 0.2) is 0 Å². The predicted molar refractivity (Wildman–Crippen MR) is 160 cm³/mol. The molecule has 4 rings (SSSR count). The summed E-state index contributed by atoms with van der Waals surface area (Å²) in [6.45, 7) is 17.2. The molecule has 0 heterocycles. The summed E-state index contributed by atoms with van der Waals surface area (Å²) < 4.78 is 0. The van der Waals surface area contributed by atoms with Crippen LogP contribution in [0.4, 0.5) is 0 Å². The Morgan fingerprint density at radius 1 is 0.429 bits per heavy atom. The van der Waals surface area contributed by atoms with Crippen molar-refractivity contribution in [2.75, 3.05) is 0 Å².